The third-order valence-corrected chi connectivity index (χ3v) is 5.36. The zero-order valence-corrected chi connectivity index (χ0v) is 14.0. The van der Waals surface area contributed by atoms with Gasteiger partial charge in [-0.1, -0.05) is 27.4 Å². The summed E-state index contributed by atoms with van der Waals surface area (Å²) < 4.78 is 16.8. The van der Waals surface area contributed by atoms with Gasteiger partial charge in [0.05, 0.1) is 6.61 Å². The monoisotopic (exact) mass is 288 g/mol. The van der Waals surface area contributed by atoms with Crippen molar-refractivity contribution in [3.8, 4) is 0 Å². The Morgan fingerprint density at radius 3 is 2.42 bits per heavy atom. The molecule has 4 nitrogen and oxygen atoms in total. The van der Waals surface area contributed by atoms with E-state index in [4.69, 9.17) is 13.6 Å². The molecule has 0 bridgehead atoms. The summed E-state index contributed by atoms with van der Waals surface area (Å²) in [5.74, 6) is -0.379. The van der Waals surface area contributed by atoms with Gasteiger partial charge in [0.25, 0.3) is 0 Å². The highest BCUT2D eigenvalue weighted by Gasteiger charge is 2.32. The smallest absolute Gasteiger partial charge is 0.335 e. The van der Waals surface area contributed by atoms with Crippen molar-refractivity contribution in [3.63, 3.8) is 0 Å². The van der Waals surface area contributed by atoms with Crippen LogP contribution in [0.1, 0.15) is 34.1 Å². The van der Waals surface area contributed by atoms with Gasteiger partial charge in [-0.3, -0.25) is 0 Å². The molecule has 0 amide bonds. The molecule has 0 aromatic heterocycles. The average Bonchev–Trinajstić information content (AvgIpc) is 2.32. The maximum Gasteiger partial charge on any atom is 0.335 e. The first-order valence-electron chi connectivity index (χ1n) is 6.79. The van der Waals surface area contributed by atoms with Gasteiger partial charge >= 0.3 is 14.5 Å². The Hall–Kier alpha value is -0.653. The minimum absolute atomic E-state index is 0.126. The second-order valence-electron chi connectivity index (χ2n) is 5.89. The number of carbonyl (C=O) groups excluding carboxylic acids is 1. The summed E-state index contributed by atoms with van der Waals surface area (Å²) in [4.78, 5) is 10.9. The molecule has 0 radical (unpaired) electrons. The molecule has 0 aliphatic heterocycles. The molecule has 1 unspecified atom stereocenters. The average molecular weight is 288 g/mol. The number of hydrogen-bond acceptors (Lipinski definition) is 4. The topological polar surface area (TPSA) is 44.8 Å². The van der Waals surface area contributed by atoms with Crippen LogP contribution in [-0.2, 0) is 18.4 Å². The maximum absolute atomic E-state index is 10.9. The van der Waals surface area contributed by atoms with E-state index in [2.05, 4.69) is 33.9 Å². The van der Waals surface area contributed by atoms with Crippen LogP contribution in [0.5, 0.6) is 0 Å². The van der Waals surface area contributed by atoms with E-state index in [0.717, 1.165) is 12.5 Å². The zero-order chi connectivity index (χ0) is 14.9. The molecule has 0 aromatic carbocycles. The summed E-state index contributed by atoms with van der Waals surface area (Å²) in [6.07, 6.45) is 1.93. The molecular formula is C14H28O4Si. The molecule has 0 saturated heterocycles. The lowest BCUT2D eigenvalue weighted by atomic mass is 9.99. The predicted molar refractivity (Wildman–Crippen MR) is 79.2 cm³/mol. The Kier molecular flexibility index (Phi) is 8.21. The molecule has 0 fully saturated rings. The Morgan fingerprint density at radius 2 is 1.95 bits per heavy atom. The molecular weight excluding hydrogens is 260 g/mol. The van der Waals surface area contributed by atoms with Crippen LogP contribution in [0, 0.1) is 5.41 Å². The van der Waals surface area contributed by atoms with E-state index < -0.39 is 8.56 Å². The van der Waals surface area contributed by atoms with Crippen molar-refractivity contribution in [1.82, 2.24) is 0 Å². The molecule has 0 heterocycles. The first-order chi connectivity index (χ1) is 8.72. The van der Waals surface area contributed by atoms with E-state index in [0.29, 0.717) is 19.8 Å². The summed E-state index contributed by atoms with van der Waals surface area (Å²) in [5, 5.41) is 0. The van der Waals surface area contributed by atoms with E-state index in [1.54, 1.807) is 0 Å². The number of ether oxygens (including phenoxy) is 1. The molecule has 0 spiro atoms. The minimum atomic E-state index is -2.16. The highest BCUT2D eigenvalue weighted by molar-refractivity contribution is 6.66. The standard InChI is InChI=1S/C14H28O4Si/c1-7-13(15)16-10-9-11-19(6,17-8-2)18-12-14(3,4)5/h7H,1,8-12H2,2-6H3. The van der Waals surface area contributed by atoms with Crippen LogP contribution >= 0.6 is 0 Å². The van der Waals surface area contributed by atoms with Gasteiger partial charge in [0.2, 0.25) is 0 Å². The molecule has 5 heteroatoms. The van der Waals surface area contributed by atoms with Gasteiger partial charge in [0.15, 0.2) is 0 Å². The SMILES string of the molecule is C=CC(=O)OCCC[Si](C)(OCC)OCC(C)(C)C. The summed E-state index contributed by atoms with van der Waals surface area (Å²) in [7, 11) is -2.16. The first kappa shape index (κ1) is 18.3. The second kappa shape index (κ2) is 8.50. The molecule has 19 heavy (non-hydrogen) atoms. The lowest BCUT2D eigenvalue weighted by molar-refractivity contribution is -0.137. The molecule has 1 atom stereocenters. The lowest BCUT2D eigenvalue weighted by Gasteiger charge is -2.30. The van der Waals surface area contributed by atoms with Crippen molar-refractivity contribution in [2.45, 2.75) is 46.7 Å². The van der Waals surface area contributed by atoms with Crippen molar-refractivity contribution in [2.24, 2.45) is 5.41 Å². The first-order valence-corrected chi connectivity index (χ1v) is 9.32. The van der Waals surface area contributed by atoms with Gasteiger partial charge in [-0.15, -0.1) is 0 Å². The van der Waals surface area contributed by atoms with Gasteiger partial charge in [-0.2, -0.15) is 0 Å². The Labute approximate surface area is 118 Å². The maximum atomic E-state index is 10.9. The van der Waals surface area contributed by atoms with Crippen LogP contribution in [0.15, 0.2) is 12.7 Å². The van der Waals surface area contributed by atoms with Crippen LogP contribution < -0.4 is 0 Å². The van der Waals surface area contributed by atoms with Crippen molar-refractivity contribution < 1.29 is 18.4 Å². The van der Waals surface area contributed by atoms with Crippen molar-refractivity contribution in [1.29, 1.82) is 0 Å². The Balaban J connectivity index is 4.14. The predicted octanol–water partition coefficient (Wildman–Crippen LogP) is 3.28. The van der Waals surface area contributed by atoms with Gasteiger partial charge in [0, 0.05) is 19.3 Å². The number of esters is 1. The normalized spacial score (nSPS) is 14.8. The third kappa shape index (κ3) is 9.87. The molecule has 112 valence electrons. The third-order valence-electron chi connectivity index (χ3n) is 2.45. The van der Waals surface area contributed by atoms with Crippen molar-refractivity contribution >= 4 is 14.5 Å². The van der Waals surface area contributed by atoms with E-state index in [1.807, 2.05) is 6.92 Å². The van der Waals surface area contributed by atoms with Gasteiger partial charge in [0.1, 0.15) is 0 Å². The molecule has 0 aliphatic carbocycles. The Morgan fingerprint density at radius 1 is 1.32 bits per heavy atom. The summed E-state index contributed by atoms with van der Waals surface area (Å²) >= 11 is 0. The van der Waals surface area contributed by atoms with Crippen LogP contribution in [0.2, 0.25) is 12.6 Å². The zero-order valence-electron chi connectivity index (χ0n) is 13.0. The van der Waals surface area contributed by atoms with Crippen LogP contribution in [-0.4, -0.2) is 34.4 Å². The fourth-order valence-electron chi connectivity index (χ4n) is 1.49. The number of carbonyl (C=O) groups is 1. The fourth-order valence-corrected chi connectivity index (χ4v) is 3.99. The lowest BCUT2D eigenvalue weighted by Crippen LogP contribution is -2.41. The Bertz CT molecular complexity index is 286. The van der Waals surface area contributed by atoms with E-state index in [-0.39, 0.29) is 11.4 Å². The summed E-state index contributed by atoms with van der Waals surface area (Å²) in [5.41, 5.74) is 0.126. The van der Waals surface area contributed by atoms with Gasteiger partial charge in [-0.25, -0.2) is 4.79 Å². The van der Waals surface area contributed by atoms with Crippen molar-refractivity contribution in [2.75, 3.05) is 19.8 Å². The highest BCUT2D eigenvalue weighted by Crippen LogP contribution is 2.21. The van der Waals surface area contributed by atoms with Crippen LogP contribution in [0.25, 0.3) is 0 Å². The van der Waals surface area contributed by atoms with E-state index in [9.17, 15) is 4.79 Å². The van der Waals surface area contributed by atoms with Gasteiger partial charge < -0.3 is 13.6 Å². The second-order valence-corrected chi connectivity index (χ2v) is 9.24. The molecule has 0 rings (SSSR count). The quantitative estimate of drug-likeness (QED) is 0.283. The van der Waals surface area contributed by atoms with Crippen LogP contribution in [0.3, 0.4) is 0 Å². The van der Waals surface area contributed by atoms with E-state index >= 15 is 0 Å². The highest BCUT2D eigenvalue weighted by atomic mass is 28.4. The van der Waals surface area contributed by atoms with Crippen LogP contribution in [0.4, 0.5) is 0 Å². The van der Waals surface area contributed by atoms with Gasteiger partial charge in [-0.05, 0) is 31.4 Å². The summed E-state index contributed by atoms with van der Waals surface area (Å²) in [6.45, 7) is 15.5. The molecule has 0 aromatic rings. The van der Waals surface area contributed by atoms with Crippen molar-refractivity contribution in [3.05, 3.63) is 12.7 Å². The fraction of sp³-hybridized carbons (Fsp3) is 0.786. The number of rotatable bonds is 9. The number of hydrogen-bond donors (Lipinski definition) is 0. The van der Waals surface area contributed by atoms with E-state index in [1.165, 1.54) is 6.08 Å². The summed E-state index contributed by atoms with van der Waals surface area (Å²) in [6, 6.07) is 0.821. The minimum Gasteiger partial charge on any atom is -0.463 e. The molecule has 0 aliphatic rings. The molecule has 0 saturated carbocycles. The molecule has 0 N–H and O–H groups in total. The largest absolute Gasteiger partial charge is 0.463 e.